The summed E-state index contributed by atoms with van der Waals surface area (Å²) in [6.45, 7) is 3.58. The van der Waals surface area contributed by atoms with Gasteiger partial charge in [0.1, 0.15) is 12.4 Å². The average Bonchev–Trinajstić information content (AvgIpc) is 2.61. The first-order valence-corrected chi connectivity index (χ1v) is 9.45. The first kappa shape index (κ1) is 21.5. The van der Waals surface area contributed by atoms with Crippen LogP contribution in [0.4, 0.5) is 0 Å². The molecular weight excluding hydrogens is 383 g/mol. The summed E-state index contributed by atoms with van der Waals surface area (Å²) < 4.78 is 5.84. The predicted molar refractivity (Wildman–Crippen MR) is 112 cm³/mol. The van der Waals surface area contributed by atoms with Crippen LogP contribution in [0.1, 0.15) is 30.9 Å². The van der Waals surface area contributed by atoms with E-state index in [1.54, 1.807) is 0 Å². The minimum absolute atomic E-state index is 0. The first-order valence-electron chi connectivity index (χ1n) is 9.07. The van der Waals surface area contributed by atoms with Gasteiger partial charge < -0.3 is 15.4 Å². The lowest BCUT2D eigenvalue weighted by Crippen LogP contribution is -2.46. The standard InChI is InChI=1S/C21H25ClN2O2.ClH/c1-15-11-19(9-10-23-15)24-21(25)13-17-3-2-4-20(12-17)26-14-16-5-7-18(22)8-6-16;/h2-8,12,15,19,23H,9-11,13-14H2,1H3,(H,24,25);1H. The van der Waals surface area contributed by atoms with E-state index in [-0.39, 0.29) is 24.4 Å². The Balaban J connectivity index is 0.00000261. The number of hydrogen-bond donors (Lipinski definition) is 2. The van der Waals surface area contributed by atoms with Gasteiger partial charge in [0.25, 0.3) is 0 Å². The van der Waals surface area contributed by atoms with Gasteiger partial charge in [0.15, 0.2) is 0 Å². The molecule has 3 rings (SSSR count). The zero-order valence-corrected chi connectivity index (χ0v) is 17.0. The van der Waals surface area contributed by atoms with Crippen molar-refractivity contribution in [2.75, 3.05) is 6.54 Å². The van der Waals surface area contributed by atoms with Crippen LogP contribution in [0.15, 0.2) is 48.5 Å². The molecule has 0 radical (unpaired) electrons. The quantitative estimate of drug-likeness (QED) is 0.754. The Kier molecular flexibility index (Phi) is 8.42. The van der Waals surface area contributed by atoms with Gasteiger partial charge in [-0.15, -0.1) is 12.4 Å². The highest BCUT2D eigenvalue weighted by Gasteiger charge is 2.19. The van der Waals surface area contributed by atoms with Crippen LogP contribution >= 0.6 is 24.0 Å². The van der Waals surface area contributed by atoms with E-state index in [4.69, 9.17) is 16.3 Å². The molecule has 2 aromatic carbocycles. The second-order valence-electron chi connectivity index (χ2n) is 6.88. The number of halogens is 2. The minimum atomic E-state index is 0. The van der Waals surface area contributed by atoms with Crippen molar-refractivity contribution in [3.8, 4) is 5.75 Å². The van der Waals surface area contributed by atoms with Crippen LogP contribution in [0.3, 0.4) is 0 Å². The number of rotatable bonds is 6. The van der Waals surface area contributed by atoms with Gasteiger partial charge in [-0.1, -0.05) is 35.9 Å². The molecule has 0 spiro atoms. The van der Waals surface area contributed by atoms with Crippen LogP contribution in [0, 0.1) is 0 Å². The largest absolute Gasteiger partial charge is 0.489 e. The first-order chi connectivity index (χ1) is 12.6. The molecule has 146 valence electrons. The lowest BCUT2D eigenvalue weighted by Gasteiger charge is -2.28. The summed E-state index contributed by atoms with van der Waals surface area (Å²) in [5, 5.41) is 7.26. The van der Waals surface area contributed by atoms with Crippen LogP contribution in [-0.2, 0) is 17.8 Å². The third-order valence-corrected chi connectivity index (χ3v) is 4.82. The molecule has 27 heavy (non-hydrogen) atoms. The molecule has 0 aromatic heterocycles. The van der Waals surface area contributed by atoms with E-state index >= 15 is 0 Å². The van der Waals surface area contributed by atoms with Crippen molar-refractivity contribution in [2.24, 2.45) is 0 Å². The molecule has 1 aliphatic rings. The second kappa shape index (κ2) is 10.5. The molecule has 1 amide bonds. The van der Waals surface area contributed by atoms with Gasteiger partial charge in [-0.25, -0.2) is 0 Å². The molecule has 1 aliphatic heterocycles. The average molecular weight is 409 g/mol. The Morgan fingerprint density at radius 2 is 2.00 bits per heavy atom. The fourth-order valence-corrected chi connectivity index (χ4v) is 3.35. The Morgan fingerprint density at radius 1 is 1.22 bits per heavy atom. The third-order valence-electron chi connectivity index (χ3n) is 4.57. The highest BCUT2D eigenvalue weighted by molar-refractivity contribution is 6.30. The molecule has 1 saturated heterocycles. The Morgan fingerprint density at radius 3 is 2.74 bits per heavy atom. The fraction of sp³-hybridized carbons (Fsp3) is 0.381. The maximum Gasteiger partial charge on any atom is 0.224 e. The lowest BCUT2D eigenvalue weighted by molar-refractivity contribution is -0.121. The number of nitrogens with one attached hydrogen (secondary N) is 2. The normalized spacial score (nSPS) is 19.0. The van der Waals surface area contributed by atoms with E-state index < -0.39 is 0 Å². The summed E-state index contributed by atoms with van der Waals surface area (Å²) in [6.07, 6.45) is 2.34. The van der Waals surface area contributed by atoms with Gasteiger partial charge in [0, 0.05) is 17.1 Å². The van der Waals surface area contributed by atoms with E-state index in [2.05, 4.69) is 17.6 Å². The zero-order chi connectivity index (χ0) is 18.4. The molecule has 0 aliphatic carbocycles. The van der Waals surface area contributed by atoms with Crippen LogP contribution in [-0.4, -0.2) is 24.5 Å². The summed E-state index contributed by atoms with van der Waals surface area (Å²) in [4.78, 5) is 12.3. The number of piperidine rings is 1. The molecule has 1 fully saturated rings. The van der Waals surface area contributed by atoms with Crippen molar-refractivity contribution in [1.29, 1.82) is 0 Å². The molecule has 4 nitrogen and oxygen atoms in total. The van der Waals surface area contributed by atoms with Crippen molar-refractivity contribution >= 4 is 29.9 Å². The molecule has 0 bridgehead atoms. The SMILES string of the molecule is CC1CC(NC(=O)Cc2cccc(OCc3ccc(Cl)cc3)c2)CCN1.Cl. The van der Waals surface area contributed by atoms with E-state index in [0.29, 0.717) is 24.1 Å². The maximum absolute atomic E-state index is 12.3. The van der Waals surface area contributed by atoms with E-state index in [9.17, 15) is 4.79 Å². The Labute approximate surface area is 172 Å². The molecule has 2 atom stereocenters. The van der Waals surface area contributed by atoms with Crippen LogP contribution in [0.25, 0.3) is 0 Å². The van der Waals surface area contributed by atoms with Crippen molar-refractivity contribution in [2.45, 2.75) is 44.9 Å². The van der Waals surface area contributed by atoms with Gasteiger partial charge in [-0.05, 0) is 61.7 Å². The summed E-state index contributed by atoms with van der Waals surface area (Å²) >= 11 is 5.89. The zero-order valence-electron chi connectivity index (χ0n) is 15.4. The number of amides is 1. The van der Waals surface area contributed by atoms with Crippen LogP contribution in [0.5, 0.6) is 5.75 Å². The molecule has 0 saturated carbocycles. The molecule has 2 aromatic rings. The van der Waals surface area contributed by atoms with Crippen molar-refractivity contribution in [3.05, 3.63) is 64.7 Å². The van der Waals surface area contributed by atoms with Crippen molar-refractivity contribution < 1.29 is 9.53 Å². The molecular formula is C21H26Cl2N2O2. The fourth-order valence-electron chi connectivity index (χ4n) is 3.22. The summed E-state index contributed by atoms with van der Waals surface area (Å²) in [6, 6.07) is 16.0. The smallest absolute Gasteiger partial charge is 0.224 e. The van der Waals surface area contributed by atoms with Crippen molar-refractivity contribution in [3.63, 3.8) is 0 Å². The van der Waals surface area contributed by atoms with Gasteiger partial charge in [-0.3, -0.25) is 4.79 Å². The number of ether oxygens (including phenoxy) is 1. The van der Waals surface area contributed by atoms with Crippen LogP contribution in [0.2, 0.25) is 5.02 Å². The van der Waals surface area contributed by atoms with Gasteiger partial charge >= 0.3 is 0 Å². The topological polar surface area (TPSA) is 50.4 Å². The molecule has 2 unspecified atom stereocenters. The van der Waals surface area contributed by atoms with E-state index in [0.717, 1.165) is 36.3 Å². The van der Waals surface area contributed by atoms with Crippen LogP contribution < -0.4 is 15.4 Å². The summed E-state index contributed by atoms with van der Waals surface area (Å²) in [5.74, 6) is 0.833. The number of benzene rings is 2. The number of hydrogen-bond acceptors (Lipinski definition) is 3. The summed E-state index contributed by atoms with van der Waals surface area (Å²) in [5.41, 5.74) is 2.01. The summed E-state index contributed by atoms with van der Waals surface area (Å²) in [7, 11) is 0. The second-order valence-corrected chi connectivity index (χ2v) is 7.32. The molecule has 6 heteroatoms. The predicted octanol–water partition coefficient (Wildman–Crippen LogP) is 4.14. The number of carbonyl (C=O) groups excluding carboxylic acids is 1. The Hall–Kier alpha value is -1.75. The highest BCUT2D eigenvalue weighted by Crippen LogP contribution is 2.17. The van der Waals surface area contributed by atoms with Crippen molar-refractivity contribution in [1.82, 2.24) is 10.6 Å². The van der Waals surface area contributed by atoms with Gasteiger partial charge in [0.05, 0.1) is 6.42 Å². The maximum atomic E-state index is 12.3. The van der Waals surface area contributed by atoms with E-state index in [1.165, 1.54) is 0 Å². The number of carbonyl (C=O) groups is 1. The van der Waals surface area contributed by atoms with Gasteiger partial charge in [-0.2, -0.15) is 0 Å². The minimum Gasteiger partial charge on any atom is -0.489 e. The highest BCUT2D eigenvalue weighted by atomic mass is 35.5. The van der Waals surface area contributed by atoms with Gasteiger partial charge in [0.2, 0.25) is 5.91 Å². The Bertz CT molecular complexity index is 737. The molecule has 2 N–H and O–H groups in total. The third kappa shape index (κ3) is 7.06. The van der Waals surface area contributed by atoms with E-state index in [1.807, 2.05) is 48.5 Å². The lowest BCUT2D eigenvalue weighted by atomic mass is 10.0. The monoisotopic (exact) mass is 408 g/mol. The molecule has 1 heterocycles.